The lowest BCUT2D eigenvalue weighted by molar-refractivity contribution is 0.0600. The molecule has 3 heteroatoms. The van der Waals surface area contributed by atoms with Gasteiger partial charge in [0.2, 0.25) is 0 Å². The zero-order chi connectivity index (χ0) is 12.0. The molecule has 0 atom stereocenters. The average molecular weight is 222 g/mol. The molecule has 0 heterocycles. The van der Waals surface area contributed by atoms with Gasteiger partial charge in [-0.05, 0) is 37.1 Å². The molecule has 3 nitrogen and oxygen atoms in total. The van der Waals surface area contributed by atoms with Gasteiger partial charge in [-0.3, -0.25) is 0 Å². The summed E-state index contributed by atoms with van der Waals surface area (Å²) in [6, 6.07) is 7.02. The minimum absolute atomic E-state index is 0.240. The van der Waals surface area contributed by atoms with Gasteiger partial charge in [-0.2, -0.15) is 0 Å². The third-order valence-electron chi connectivity index (χ3n) is 2.49. The van der Waals surface area contributed by atoms with Crippen LogP contribution in [0.15, 0.2) is 24.3 Å². The van der Waals surface area contributed by atoms with Crippen molar-refractivity contribution in [3.63, 3.8) is 0 Å². The molecule has 1 rings (SSSR count). The van der Waals surface area contributed by atoms with Gasteiger partial charge in [0.15, 0.2) is 0 Å². The van der Waals surface area contributed by atoms with E-state index in [1.165, 1.54) is 7.11 Å². The highest BCUT2D eigenvalue weighted by Crippen LogP contribution is 2.16. The quantitative estimate of drug-likeness (QED) is 0.718. The van der Waals surface area contributed by atoms with E-state index in [2.05, 4.69) is 18.6 Å². The van der Waals surface area contributed by atoms with Crippen molar-refractivity contribution in [3.05, 3.63) is 29.8 Å². The third kappa shape index (κ3) is 3.26. The van der Waals surface area contributed by atoms with Crippen LogP contribution in [0, 0.1) is 0 Å². The van der Waals surface area contributed by atoms with Crippen LogP contribution in [0.5, 0.6) is 5.75 Å². The molecule has 0 aromatic heterocycles. The Kier molecular flexibility index (Phi) is 4.83. The fourth-order valence-electron chi connectivity index (χ4n) is 1.44. The van der Waals surface area contributed by atoms with Crippen LogP contribution in [-0.2, 0) is 4.74 Å². The van der Waals surface area contributed by atoms with E-state index in [4.69, 9.17) is 4.74 Å². The molecule has 88 valence electrons. The van der Waals surface area contributed by atoms with Gasteiger partial charge in [0, 0.05) is 0 Å². The summed E-state index contributed by atoms with van der Waals surface area (Å²) in [7, 11) is 1.37. The van der Waals surface area contributed by atoms with Crippen LogP contribution in [0.2, 0.25) is 0 Å². The summed E-state index contributed by atoms with van der Waals surface area (Å²) in [4.78, 5) is 11.2. The van der Waals surface area contributed by atoms with Crippen molar-refractivity contribution < 1.29 is 14.3 Å². The van der Waals surface area contributed by atoms with Crippen LogP contribution in [0.1, 0.15) is 37.0 Å². The number of rotatable bonds is 5. The summed E-state index contributed by atoms with van der Waals surface area (Å²) in [6.07, 6.45) is 2.20. The molecule has 0 saturated heterocycles. The summed E-state index contributed by atoms with van der Waals surface area (Å²) in [5.74, 6) is 0.468. The van der Waals surface area contributed by atoms with E-state index in [1.54, 1.807) is 24.3 Å². The number of esters is 1. The Morgan fingerprint density at radius 3 is 2.19 bits per heavy atom. The number of hydrogen-bond acceptors (Lipinski definition) is 3. The van der Waals surface area contributed by atoms with Crippen molar-refractivity contribution in [1.82, 2.24) is 0 Å². The van der Waals surface area contributed by atoms with E-state index >= 15 is 0 Å². The fourth-order valence-corrected chi connectivity index (χ4v) is 1.44. The van der Waals surface area contributed by atoms with Gasteiger partial charge in [0.05, 0.1) is 18.8 Å². The molecule has 0 aliphatic rings. The topological polar surface area (TPSA) is 35.5 Å². The Morgan fingerprint density at radius 1 is 1.19 bits per heavy atom. The molecule has 0 N–H and O–H groups in total. The maximum Gasteiger partial charge on any atom is 0.337 e. The molecule has 1 aromatic rings. The van der Waals surface area contributed by atoms with Gasteiger partial charge >= 0.3 is 5.97 Å². The van der Waals surface area contributed by atoms with E-state index in [1.807, 2.05) is 0 Å². The molecular weight excluding hydrogens is 204 g/mol. The summed E-state index contributed by atoms with van der Waals surface area (Å²) < 4.78 is 10.3. The van der Waals surface area contributed by atoms with E-state index in [0.29, 0.717) is 5.56 Å². The normalized spacial score (nSPS) is 10.2. The zero-order valence-corrected chi connectivity index (χ0v) is 10.0. The Labute approximate surface area is 96.4 Å². The Balaban J connectivity index is 2.67. The maximum atomic E-state index is 11.2. The predicted molar refractivity (Wildman–Crippen MR) is 62.8 cm³/mol. The number of hydrogen-bond donors (Lipinski definition) is 0. The molecule has 0 fully saturated rings. The zero-order valence-electron chi connectivity index (χ0n) is 10.0. The third-order valence-corrected chi connectivity index (χ3v) is 2.49. The molecule has 0 aliphatic heterocycles. The molecule has 0 amide bonds. The van der Waals surface area contributed by atoms with E-state index < -0.39 is 0 Å². The van der Waals surface area contributed by atoms with Crippen molar-refractivity contribution >= 4 is 5.97 Å². The number of benzene rings is 1. The number of methoxy groups -OCH3 is 1. The highest BCUT2D eigenvalue weighted by atomic mass is 16.5. The predicted octanol–water partition coefficient (Wildman–Crippen LogP) is 3.04. The summed E-state index contributed by atoms with van der Waals surface area (Å²) in [5, 5.41) is 0. The van der Waals surface area contributed by atoms with Crippen LogP contribution in [-0.4, -0.2) is 19.2 Å². The van der Waals surface area contributed by atoms with Crippen LogP contribution in [0.25, 0.3) is 0 Å². The lowest BCUT2D eigenvalue weighted by Crippen LogP contribution is -2.13. The van der Waals surface area contributed by atoms with Gasteiger partial charge in [-0.15, -0.1) is 0 Å². The number of carbonyl (C=O) groups is 1. The fraction of sp³-hybridized carbons (Fsp3) is 0.462. The highest BCUT2D eigenvalue weighted by Gasteiger charge is 2.07. The van der Waals surface area contributed by atoms with E-state index in [0.717, 1.165) is 18.6 Å². The second-order valence-corrected chi connectivity index (χ2v) is 3.57. The largest absolute Gasteiger partial charge is 0.490 e. The smallest absolute Gasteiger partial charge is 0.337 e. The Morgan fingerprint density at radius 2 is 1.75 bits per heavy atom. The Hall–Kier alpha value is -1.51. The molecule has 0 aliphatic carbocycles. The number of ether oxygens (including phenoxy) is 2. The lowest BCUT2D eigenvalue weighted by Gasteiger charge is -2.15. The second-order valence-electron chi connectivity index (χ2n) is 3.57. The molecular formula is C13H18O3. The summed E-state index contributed by atoms with van der Waals surface area (Å²) in [5.41, 5.74) is 0.541. The standard InChI is InChI=1S/C13H18O3/c1-4-11(5-2)16-12-8-6-10(7-9-12)13(14)15-3/h6-9,11H,4-5H2,1-3H3. The minimum Gasteiger partial charge on any atom is -0.490 e. The van der Waals surface area contributed by atoms with Gasteiger partial charge in [-0.1, -0.05) is 13.8 Å². The summed E-state index contributed by atoms with van der Waals surface area (Å²) in [6.45, 7) is 4.19. The van der Waals surface area contributed by atoms with Gasteiger partial charge in [-0.25, -0.2) is 4.79 Å². The van der Waals surface area contributed by atoms with E-state index in [9.17, 15) is 4.79 Å². The van der Waals surface area contributed by atoms with Crippen molar-refractivity contribution in [3.8, 4) is 5.75 Å². The van der Waals surface area contributed by atoms with Crippen molar-refractivity contribution in [1.29, 1.82) is 0 Å². The molecule has 0 bridgehead atoms. The Bertz CT molecular complexity index is 326. The van der Waals surface area contributed by atoms with Crippen molar-refractivity contribution in [2.24, 2.45) is 0 Å². The monoisotopic (exact) mass is 222 g/mol. The molecule has 16 heavy (non-hydrogen) atoms. The second kappa shape index (κ2) is 6.16. The molecule has 0 radical (unpaired) electrons. The molecule has 0 saturated carbocycles. The van der Waals surface area contributed by atoms with Crippen LogP contribution >= 0.6 is 0 Å². The number of carbonyl (C=O) groups excluding carboxylic acids is 1. The molecule has 0 unspecified atom stereocenters. The average Bonchev–Trinajstić information content (AvgIpc) is 2.35. The van der Waals surface area contributed by atoms with E-state index in [-0.39, 0.29) is 12.1 Å². The van der Waals surface area contributed by atoms with Crippen molar-refractivity contribution in [2.45, 2.75) is 32.8 Å². The SMILES string of the molecule is CCC(CC)Oc1ccc(C(=O)OC)cc1. The van der Waals surface area contributed by atoms with Crippen LogP contribution < -0.4 is 4.74 Å². The van der Waals surface area contributed by atoms with Gasteiger partial charge in [0.1, 0.15) is 5.75 Å². The summed E-state index contributed by atoms with van der Waals surface area (Å²) >= 11 is 0. The van der Waals surface area contributed by atoms with Crippen molar-refractivity contribution in [2.75, 3.05) is 7.11 Å². The lowest BCUT2D eigenvalue weighted by atomic mass is 10.2. The van der Waals surface area contributed by atoms with Gasteiger partial charge < -0.3 is 9.47 Å². The van der Waals surface area contributed by atoms with Crippen LogP contribution in [0.3, 0.4) is 0 Å². The maximum absolute atomic E-state index is 11.2. The first kappa shape index (κ1) is 12.6. The highest BCUT2D eigenvalue weighted by molar-refractivity contribution is 5.89. The molecule has 1 aromatic carbocycles. The molecule has 0 spiro atoms. The van der Waals surface area contributed by atoms with Crippen LogP contribution in [0.4, 0.5) is 0 Å². The first-order chi connectivity index (χ1) is 7.71. The van der Waals surface area contributed by atoms with Gasteiger partial charge in [0.25, 0.3) is 0 Å². The first-order valence-electron chi connectivity index (χ1n) is 5.56. The minimum atomic E-state index is -0.325. The first-order valence-corrected chi connectivity index (χ1v) is 5.56.